The molecule has 1 atom stereocenters. The molecule has 0 spiro atoms. The Morgan fingerprint density at radius 1 is 0.550 bits per heavy atom. The van der Waals surface area contributed by atoms with E-state index in [0.717, 1.165) is 26.2 Å². The van der Waals surface area contributed by atoms with E-state index in [2.05, 4.69) is 6.92 Å². The van der Waals surface area contributed by atoms with Crippen molar-refractivity contribution < 1.29 is 41.0 Å². The molecule has 1 rings (SSSR count). The maximum atomic E-state index is 13.8. The summed E-state index contributed by atoms with van der Waals surface area (Å²) in [5, 5.41) is 0. The molecule has 0 amide bonds. The van der Waals surface area contributed by atoms with Gasteiger partial charge in [0.15, 0.2) is 23.3 Å². The predicted octanol–water partition coefficient (Wildman–Crippen LogP) is 9.96. The molecule has 40 heavy (non-hydrogen) atoms. The Bertz CT molecular complexity index is 849. The zero-order valence-corrected chi connectivity index (χ0v) is 24.2. The van der Waals surface area contributed by atoms with E-state index in [1.165, 1.54) is 83.5 Å². The van der Waals surface area contributed by atoms with Gasteiger partial charge in [0.25, 0.3) is 0 Å². The molecule has 0 radical (unpaired) electrons. The number of halogens is 5. The van der Waals surface area contributed by atoms with Gasteiger partial charge in [0, 0.05) is 12.8 Å². The van der Waals surface area contributed by atoms with E-state index in [1.807, 2.05) is 0 Å². The molecule has 0 saturated carbocycles. The van der Waals surface area contributed by atoms with Crippen LogP contribution in [0.15, 0.2) is 0 Å². The molecule has 0 aliphatic heterocycles. The van der Waals surface area contributed by atoms with Crippen molar-refractivity contribution in [1.82, 2.24) is 0 Å². The molecular weight excluding hydrogens is 531 g/mol. The van der Waals surface area contributed by atoms with Gasteiger partial charge in [0.05, 0.1) is 12.2 Å². The number of hydrogen-bond donors (Lipinski definition) is 0. The van der Waals surface area contributed by atoms with Crippen molar-refractivity contribution in [3.8, 4) is 0 Å². The van der Waals surface area contributed by atoms with Crippen molar-refractivity contribution >= 4 is 11.9 Å². The van der Waals surface area contributed by atoms with E-state index in [1.54, 1.807) is 0 Å². The highest BCUT2D eigenvalue weighted by Crippen LogP contribution is 2.29. The smallest absolute Gasteiger partial charge is 0.306 e. The molecule has 0 saturated heterocycles. The lowest BCUT2D eigenvalue weighted by atomic mass is 10.0. The topological polar surface area (TPSA) is 52.6 Å². The third-order valence-electron chi connectivity index (χ3n) is 6.98. The molecule has 0 aromatic heterocycles. The molecule has 1 aromatic carbocycles. The van der Waals surface area contributed by atoms with Crippen molar-refractivity contribution in [3.05, 3.63) is 34.6 Å². The van der Waals surface area contributed by atoms with Gasteiger partial charge in [0.2, 0.25) is 5.82 Å². The van der Waals surface area contributed by atoms with Crippen molar-refractivity contribution in [2.45, 2.75) is 142 Å². The molecule has 0 N–H and O–H groups in total. The first-order chi connectivity index (χ1) is 19.2. The van der Waals surface area contributed by atoms with Gasteiger partial charge in [-0.2, -0.15) is 0 Å². The van der Waals surface area contributed by atoms with Gasteiger partial charge in [-0.3, -0.25) is 9.59 Å². The Balaban J connectivity index is 2.01. The zero-order chi connectivity index (χ0) is 29.8. The molecule has 9 heteroatoms. The zero-order valence-electron chi connectivity index (χ0n) is 24.2. The fraction of sp³-hybridized carbons (Fsp3) is 0.742. The van der Waals surface area contributed by atoms with E-state index in [0.29, 0.717) is 6.61 Å². The molecule has 0 aliphatic carbocycles. The van der Waals surface area contributed by atoms with Crippen molar-refractivity contribution in [2.75, 3.05) is 6.61 Å². The molecule has 4 nitrogen and oxygen atoms in total. The Kier molecular flexibility index (Phi) is 19.3. The van der Waals surface area contributed by atoms with Gasteiger partial charge in [0.1, 0.15) is 6.10 Å². The summed E-state index contributed by atoms with van der Waals surface area (Å²) in [5.41, 5.74) is -1.22. The van der Waals surface area contributed by atoms with Crippen LogP contribution in [-0.2, 0) is 19.1 Å². The number of ether oxygens (including phenoxy) is 2. The first kappa shape index (κ1) is 35.8. The number of rotatable bonds is 23. The minimum atomic E-state index is -2.28. The van der Waals surface area contributed by atoms with Gasteiger partial charge >= 0.3 is 11.9 Å². The van der Waals surface area contributed by atoms with Crippen LogP contribution in [0, 0.1) is 29.1 Å². The normalized spacial score (nSPS) is 12.0. The molecule has 1 unspecified atom stereocenters. The summed E-state index contributed by atoms with van der Waals surface area (Å²) < 4.78 is 77.5. The number of carbonyl (C=O) groups excluding carboxylic acids is 2. The van der Waals surface area contributed by atoms with E-state index >= 15 is 0 Å². The summed E-state index contributed by atoms with van der Waals surface area (Å²) in [6.07, 6.45) is 18.1. The number of carbonyl (C=O) groups is 2. The fourth-order valence-corrected chi connectivity index (χ4v) is 4.58. The number of esters is 2. The van der Waals surface area contributed by atoms with Crippen LogP contribution in [0.1, 0.15) is 148 Å². The Morgan fingerprint density at radius 2 is 0.925 bits per heavy atom. The molecule has 1 aromatic rings. The lowest BCUT2D eigenvalue weighted by Gasteiger charge is -2.16. The number of benzene rings is 1. The predicted molar refractivity (Wildman–Crippen MR) is 145 cm³/mol. The second kappa shape index (κ2) is 21.5. The maximum absolute atomic E-state index is 13.8. The van der Waals surface area contributed by atoms with Crippen molar-refractivity contribution in [3.63, 3.8) is 0 Å². The van der Waals surface area contributed by atoms with Gasteiger partial charge in [-0.25, -0.2) is 22.0 Å². The van der Waals surface area contributed by atoms with Crippen LogP contribution in [-0.4, -0.2) is 18.5 Å². The molecule has 0 heterocycles. The van der Waals surface area contributed by atoms with Gasteiger partial charge in [-0.15, -0.1) is 0 Å². The highest BCUT2D eigenvalue weighted by Gasteiger charge is 2.30. The van der Waals surface area contributed by atoms with Crippen LogP contribution < -0.4 is 0 Å². The second-order valence-corrected chi connectivity index (χ2v) is 10.5. The third kappa shape index (κ3) is 14.4. The van der Waals surface area contributed by atoms with Crippen molar-refractivity contribution in [1.29, 1.82) is 0 Å². The van der Waals surface area contributed by atoms with Crippen LogP contribution in [0.25, 0.3) is 0 Å². The second-order valence-electron chi connectivity index (χ2n) is 10.5. The lowest BCUT2D eigenvalue weighted by Crippen LogP contribution is -2.15. The Labute approximate surface area is 236 Å². The quantitative estimate of drug-likeness (QED) is 0.0426. The molecule has 0 fully saturated rings. The highest BCUT2D eigenvalue weighted by molar-refractivity contribution is 5.72. The third-order valence-corrected chi connectivity index (χ3v) is 6.98. The van der Waals surface area contributed by atoms with Crippen molar-refractivity contribution in [2.24, 2.45) is 0 Å². The molecule has 0 aliphatic rings. The number of unbranched alkanes of at least 4 members (excludes halogenated alkanes) is 15. The van der Waals surface area contributed by atoms with Crippen LogP contribution in [0.5, 0.6) is 0 Å². The average Bonchev–Trinajstić information content (AvgIpc) is 2.92. The van der Waals surface area contributed by atoms with E-state index in [9.17, 15) is 31.5 Å². The largest absolute Gasteiger partial charge is 0.466 e. The molecule has 230 valence electrons. The maximum Gasteiger partial charge on any atom is 0.306 e. The summed E-state index contributed by atoms with van der Waals surface area (Å²) in [6, 6.07) is 0. The van der Waals surface area contributed by atoms with Gasteiger partial charge in [-0.1, -0.05) is 103 Å². The monoisotopic (exact) mass is 578 g/mol. The van der Waals surface area contributed by atoms with Gasteiger partial charge in [-0.05, 0) is 19.8 Å². The fourth-order valence-electron chi connectivity index (χ4n) is 4.58. The lowest BCUT2D eigenvalue weighted by molar-refractivity contribution is -0.149. The highest BCUT2D eigenvalue weighted by atomic mass is 19.2. The number of hydrogen-bond acceptors (Lipinski definition) is 4. The first-order valence-corrected chi connectivity index (χ1v) is 15.1. The summed E-state index contributed by atoms with van der Waals surface area (Å²) in [6.45, 7) is 3.55. The van der Waals surface area contributed by atoms with Crippen LogP contribution in [0.4, 0.5) is 22.0 Å². The Hall–Kier alpha value is -2.19. The first-order valence-electron chi connectivity index (χ1n) is 15.1. The van der Waals surface area contributed by atoms with Gasteiger partial charge < -0.3 is 9.47 Å². The minimum absolute atomic E-state index is 0.0507. The van der Waals surface area contributed by atoms with E-state index < -0.39 is 52.7 Å². The van der Waals surface area contributed by atoms with Crippen LogP contribution in [0.2, 0.25) is 0 Å². The standard InChI is InChI=1S/C31H47F5O4/c1-3-4-5-6-7-8-9-10-11-12-13-14-15-16-17-18-22-39-24(37)20-19-21-25(38)40-23(2)26-27(32)29(34)31(36)30(35)28(26)33/h23H,3-22H2,1-2H3. The van der Waals surface area contributed by atoms with Crippen LogP contribution >= 0.6 is 0 Å². The average molecular weight is 579 g/mol. The summed E-state index contributed by atoms with van der Waals surface area (Å²) in [5.74, 6) is -12.0. The molecule has 0 bridgehead atoms. The summed E-state index contributed by atoms with van der Waals surface area (Å²) in [4.78, 5) is 23.7. The van der Waals surface area contributed by atoms with E-state index in [4.69, 9.17) is 9.47 Å². The summed E-state index contributed by atoms with van der Waals surface area (Å²) >= 11 is 0. The SMILES string of the molecule is CCCCCCCCCCCCCCCCCCOC(=O)CCCC(=O)OC(C)c1c(F)c(F)c(F)c(F)c1F. The van der Waals surface area contributed by atoms with Crippen LogP contribution in [0.3, 0.4) is 0 Å². The van der Waals surface area contributed by atoms with E-state index in [-0.39, 0.29) is 19.3 Å². The summed E-state index contributed by atoms with van der Waals surface area (Å²) in [7, 11) is 0. The Morgan fingerprint density at radius 3 is 1.38 bits per heavy atom. The minimum Gasteiger partial charge on any atom is -0.466 e. The molecular formula is C31H47F5O4.